The van der Waals surface area contributed by atoms with Crippen LogP contribution in [0.25, 0.3) is 0 Å². The van der Waals surface area contributed by atoms with Gasteiger partial charge >= 0.3 is 0 Å². The number of aryl methyl sites for hydroxylation is 1. The minimum Gasteiger partial charge on any atom is -0.492 e. The Morgan fingerprint density at radius 3 is 2.03 bits per heavy atom. The molecule has 0 aliphatic heterocycles. The molecule has 0 aliphatic rings. The molecule has 0 aliphatic carbocycles. The zero-order valence-electron chi connectivity index (χ0n) is 17.0. The van der Waals surface area contributed by atoms with Crippen LogP contribution in [0.5, 0.6) is 17.2 Å². The van der Waals surface area contributed by atoms with Crippen molar-refractivity contribution < 1.29 is 19.1 Å². The van der Waals surface area contributed by atoms with Crippen LogP contribution in [0.2, 0.25) is 0 Å². The van der Waals surface area contributed by atoms with Gasteiger partial charge in [-0.1, -0.05) is 12.1 Å². The number of likely N-dealkylation sites (N-methyl/N-ethyl adjacent to an activating group) is 1. The third kappa shape index (κ3) is 5.61. The second kappa shape index (κ2) is 9.60. The summed E-state index contributed by atoms with van der Waals surface area (Å²) < 4.78 is 11.4. The van der Waals surface area contributed by atoms with E-state index in [1.807, 2.05) is 31.2 Å². The predicted molar refractivity (Wildman–Crippen MR) is 115 cm³/mol. The van der Waals surface area contributed by atoms with Crippen molar-refractivity contribution in [3.8, 4) is 17.2 Å². The second-order valence-electron chi connectivity index (χ2n) is 6.91. The van der Waals surface area contributed by atoms with Gasteiger partial charge < -0.3 is 20.1 Å². The van der Waals surface area contributed by atoms with E-state index in [1.165, 1.54) is 0 Å². The number of hydrogen-bond acceptors (Lipinski definition) is 4. The summed E-state index contributed by atoms with van der Waals surface area (Å²) in [6.45, 7) is 2.89. The van der Waals surface area contributed by atoms with Crippen molar-refractivity contribution in [3.63, 3.8) is 0 Å². The van der Waals surface area contributed by atoms with E-state index in [4.69, 9.17) is 15.2 Å². The van der Waals surface area contributed by atoms with Gasteiger partial charge in [-0.2, -0.15) is 0 Å². The molecule has 0 heterocycles. The Kier molecular flexibility index (Phi) is 6.70. The zero-order valence-corrected chi connectivity index (χ0v) is 17.0. The molecule has 0 atom stereocenters. The SMILES string of the molecule is Cc1cccc(OCCN(C)C(=O)c2ccc(Oc3ccc(C(N)=O)cc3)cc2)c1. The number of amides is 2. The molecule has 6 heteroatoms. The molecule has 0 spiro atoms. The molecular formula is C24H24N2O4. The van der Waals surface area contributed by atoms with Crippen LogP contribution in [0.4, 0.5) is 0 Å². The highest BCUT2D eigenvalue weighted by Crippen LogP contribution is 2.22. The Morgan fingerprint density at radius 1 is 0.867 bits per heavy atom. The molecule has 2 N–H and O–H groups in total. The molecule has 0 fully saturated rings. The first-order valence-electron chi connectivity index (χ1n) is 9.55. The lowest BCUT2D eigenvalue weighted by molar-refractivity contribution is 0.0773. The highest BCUT2D eigenvalue weighted by atomic mass is 16.5. The molecule has 30 heavy (non-hydrogen) atoms. The van der Waals surface area contributed by atoms with Crippen molar-refractivity contribution in [1.29, 1.82) is 0 Å². The number of carbonyl (C=O) groups is 2. The van der Waals surface area contributed by atoms with E-state index in [9.17, 15) is 9.59 Å². The van der Waals surface area contributed by atoms with Gasteiger partial charge in [0.2, 0.25) is 5.91 Å². The highest BCUT2D eigenvalue weighted by Gasteiger charge is 2.12. The molecule has 2 amide bonds. The lowest BCUT2D eigenvalue weighted by atomic mass is 10.2. The smallest absolute Gasteiger partial charge is 0.253 e. The maximum atomic E-state index is 12.6. The topological polar surface area (TPSA) is 81.9 Å². The Morgan fingerprint density at radius 2 is 1.47 bits per heavy atom. The number of rotatable bonds is 8. The third-order valence-electron chi connectivity index (χ3n) is 4.51. The largest absolute Gasteiger partial charge is 0.492 e. The van der Waals surface area contributed by atoms with E-state index in [-0.39, 0.29) is 5.91 Å². The zero-order chi connectivity index (χ0) is 21.5. The fourth-order valence-corrected chi connectivity index (χ4v) is 2.82. The van der Waals surface area contributed by atoms with Gasteiger partial charge in [-0.15, -0.1) is 0 Å². The summed E-state index contributed by atoms with van der Waals surface area (Å²) >= 11 is 0. The van der Waals surface area contributed by atoms with E-state index in [1.54, 1.807) is 60.5 Å². The van der Waals surface area contributed by atoms with Gasteiger partial charge in [0.25, 0.3) is 5.91 Å². The number of nitrogens with zero attached hydrogens (tertiary/aromatic N) is 1. The van der Waals surface area contributed by atoms with Gasteiger partial charge in [0.1, 0.15) is 23.9 Å². The van der Waals surface area contributed by atoms with E-state index in [0.29, 0.717) is 35.8 Å². The lowest BCUT2D eigenvalue weighted by Gasteiger charge is -2.18. The summed E-state index contributed by atoms with van der Waals surface area (Å²) in [5, 5.41) is 0. The van der Waals surface area contributed by atoms with Gasteiger partial charge in [0, 0.05) is 18.2 Å². The van der Waals surface area contributed by atoms with Crippen LogP contribution >= 0.6 is 0 Å². The van der Waals surface area contributed by atoms with Crippen LogP contribution in [0.15, 0.2) is 72.8 Å². The first-order chi connectivity index (χ1) is 14.4. The molecular weight excluding hydrogens is 380 g/mol. The fraction of sp³-hybridized carbons (Fsp3) is 0.167. The highest BCUT2D eigenvalue weighted by molar-refractivity contribution is 5.94. The maximum absolute atomic E-state index is 12.6. The summed E-state index contributed by atoms with van der Waals surface area (Å²) in [7, 11) is 1.74. The predicted octanol–water partition coefficient (Wildman–Crippen LogP) is 4.04. The van der Waals surface area contributed by atoms with Crippen molar-refractivity contribution in [1.82, 2.24) is 4.90 Å². The molecule has 154 valence electrons. The minimum absolute atomic E-state index is 0.0970. The molecule has 3 rings (SSSR count). The summed E-state index contributed by atoms with van der Waals surface area (Å²) in [5.74, 6) is 1.37. The van der Waals surface area contributed by atoms with Crippen molar-refractivity contribution in [2.75, 3.05) is 20.2 Å². The molecule has 0 bridgehead atoms. The van der Waals surface area contributed by atoms with Gasteiger partial charge in [-0.05, 0) is 73.2 Å². The molecule has 0 aromatic heterocycles. The van der Waals surface area contributed by atoms with Crippen LogP contribution in [-0.2, 0) is 0 Å². The number of primary amides is 1. The minimum atomic E-state index is -0.488. The Balaban J connectivity index is 1.52. The molecule has 0 radical (unpaired) electrons. The normalized spacial score (nSPS) is 10.3. The van der Waals surface area contributed by atoms with E-state index < -0.39 is 5.91 Å². The molecule has 0 saturated heterocycles. The average Bonchev–Trinajstić information content (AvgIpc) is 2.74. The van der Waals surface area contributed by atoms with Crippen LogP contribution in [-0.4, -0.2) is 36.9 Å². The van der Waals surface area contributed by atoms with Crippen molar-refractivity contribution in [2.24, 2.45) is 5.73 Å². The van der Waals surface area contributed by atoms with Gasteiger partial charge in [-0.3, -0.25) is 9.59 Å². The van der Waals surface area contributed by atoms with E-state index in [0.717, 1.165) is 11.3 Å². The summed E-state index contributed by atoms with van der Waals surface area (Å²) in [6, 6.07) is 21.2. The molecule has 3 aromatic rings. The van der Waals surface area contributed by atoms with Crippen LogP contribution in [0.1, 0.15) is 26.3 Å². The van der Waals surface area contributed by atoms with Gasteiger partial charge in [-0.25, -0.2) is 0 Å². The number of ether oxygens (including phenoxy) is 2. The molecule has 0 unspecified atom stereocenters. The van der Waals surface area contributed by atoms with E-state index >= 15 is 0 Å². The van der Waals surface area contributed by atoms with Crippen molar-refractivity contribution in [2.45, 2.75) is 6.92 Å². The number of carbonyl (C=O) groups excluding carboxylic acids is 2. The molecule has 6 nitrogen and oxygen atoms in total. The van der Waals surface area contributed by atoms with Crippen molar-refractivity contribution >= 4 is 11.8 Å². The number of hydrogen-bond donors (Lipinski definition) is 1. The third-order valence-corrected chi connectivity index (χ3v) is 4.51. The number of nitrogens with two attached hydrogens (primary N) is 1. The van der Waals surface area contributed by atoms with Gasteiger partial charge in [0.05, 0.1) is 6.54 Å². The van der Waals surface area contributed by atoms with Crippen molar-refractivity contribution in [3.05, 3.63) is 89.5 Å². The Labute approximate surface area is 175 Å². The lowest BCUT2D eigenvalue weighted by Crippen LogP contribution is -2.30. The quantitative estimate of drug-likeness (QED) is 0.614. The average molecular weight is 404 g/mol. The van der Waals surface area contributed by atoms with Gasteiger partial charge in [0.15, 0.2) is 0 Å². The second-order valence-corrected chi connectivity index (χ2v) is 6.91. The summed E-state index contributed by atoms with van der Waals surface area (Å²) in [5.41, 5.74) is 7.33. The standard InChI is InChI=1S/C24H24N2O4/c1-17-4-3-5-22(16-17)29-15-14-26(2)24(28)19-8-12-21(13-9-19)30-20-10-6-18(7-11-20)23(25)27/h3-13,16H,14-15H2,1-2H3,(H2,25,27). The van der Waals surface area contributed by atoms with Crippen LogP contribution in [0.3, 0.4) is 0 Å². The summed E-state index contributed by atoms with van der Waals surface area (Å²) in [6.07, 6.45) is 0. The Bertz CT molecular complexity index is 1010. The molecule has 0 saturated carbocycles. The van der Waals surface area contributed by atoms with E-state index in [2.05, 4.69) is 0 Å². The summed E-state index contributed by atoms with van der Waals surface area (Å²) in [4.78, 5) is 25.3. The first kappa shape index (κ1) is 20.9. The molecule has 3 aromatic carbocycles. The first-order valence-corrected chi connectivity index (χ1v) is 9.55. The monoisotopic (exact) mass is 404 g/mol. The van der Waals surface area contributed by atoms with Crippen LogP contribution < -0.4 is 15.2 Å². The van der Waals surface area contributed by atoms with Crippen LogP contribution in [0, 0.1) is 6.92 Å². The maximum Gasteiger partial charge on any atom is 0.253 e. The number of benzene rings is 3. The Hall–Kier alpha value is -3.80. The fourth-order valence-electron chi connectivity index (χ4n) is 2.82.